The lowest BCUT2D eigenvalue weighted by Gasteiger charge is -2.28. The highest BCUT2D eigenvalue weighted by Crippen LogP contribution is 2.40. The van der Waals surface area contributed by atoms with Crippen LogP contribution in [0.25, 0.3) is 6.08 Å². The average Bonchev–Trinajstić information content (AvgIpc) is 2.75. The largest absolute Gasteiger partial charge is 0.480 e. The zero-order valence-electron chi connectivity index (χ0n) is 16.5. The third-order valence-corrected chi connectivity index (χ3v) is 5.08. The van der Waals surface area contributed by atoms with Gasteiger partial charge in [-0.15, -0.1) is 0 Å². The van der Waals surface area contributed by atoms with Gasteiger partial charge in [0.1, 0.15) is 11.6 Å². The monoisotopic (exact) mass is 466 g/mol. The number of ketones is 1. The number of fused-ring (bicyclic) bond motifs is 1. The molecule has 0 saturated carbocycles. The number of rotatable bonds is 2. The lowest BCUT2D eigenvalue weighted by Crippen LogP contribution is -2.24. The van der Waals surface area contributed by atoms with E-state index in [1.165, 1.54) is 12.1 Å². The van der Waals surface area contributed by atoms with E-state index in [9.17, 15) is 35.5 Å². The summed E-state index contributed by atoms with van der Waals surface area (Å²) in [7, 11) is 0. The molecule has 0 aliphatic carbocycles. The Hall–Kier alpha value is -3.62. The average molecular weight is 466 g/mol. The van der Waals surface area contributed by atoms with Crippen molar-refractivity contribution < 1.29 is 40.3 Å². The van der Waals surface area contributed by atoms with Crippen LogP contribution < -0.4 is 4.74 Å². The van der Waals surface area contributed by atoms with Crippen molar-refractivity contribution in [1.82, 2.24) is 0 Å². The van der Waals surface area contributed by atoms with Gasteiger partial charge in [-0.2, -0.15) is 26.3 Å². The maximum absolute atomic E-state index is 13.7. The van der Waals surface area contributed by atoms with Crippen molar-refractivity contribution in [2.45, 2.75) is 18.5 Å². The summed E-state index contributed by atoms with van der Waals surface area (Å²) in [5.41, 5.74) is -1.51. The van der Waals surface area contributed by atoms with Crippen LogP contribution in [0.5, 0.6) is 5.75 Å². The molecule has 2 nitrogen and oxygen atoms in total. The van der Waals surface area contributed by atoms with Gasteiger partial charge in [-0.3, -0.25) is 4.79 Å². The number of Topliss-reactive ketones (excluding diaryl/α,β-unsaturated/α-hetero) is 1. The minimum Gasteiger partial charge on any atom is -0.480 e. The SMILES string of the molecule is O=C1/C(=C/c2ccc(C(F)(F)F)cc2)C(c2ccc(C(F)(F)F)cc2)Oc2ccc(F)cc21. The Morgan fingerprint density at radius 2 is 1.30 bits per heavy atom. The first-order chi connectivity index (χ1) is 15.4. The number of ether oxygens (including phenoxy) is 1. The highest BCUT2D eigenvalue weighted by Gasteiger charge is 2.35. The number of hydrogen-bond donors (Lipinski definition) is 0. The summed E-state index contributed by atoms with van der Waals surface area (Å²) < 4.78 is 96.8. The van der Waals surface area contributed by atoms with E-state index in [-0.39, 0.29) is 28.0 Å². The molecule has 3 aromatic rings. The molecule has 4 rings (SSSR count). The van der Waals surface area contributed by atoms with Gasteiger partial charge in [-0.25, -0.2) is 4.39 Å². The summed E-state index contributed by atoms with van der Waals surface area (Å²) in [5.74, 6) is -1.32. The van der Waals surface area contributed by atoms with Crippen molar-refractivity contribution in [2.24, 2.45) is 0 Å². The second-order valence-corrected chi connectivity index (χ2v) is 7.31. The topological polar surface area (TPSA) is 26.3 Å². The van der Waals surface area contributed by atoms with Crippen molar-refractivity contribution in [1.29, 1.82) is 0 Å². The van der Waals surface area contributed by atoms with Crippen LogP contribution in [0.2, 0.25) is 0 Å². The summed E-state index contributed by atoms with van der Waals surface area (Å²) in [4.78, 5) is 13.1. The van der Waals surface area contributed by atoms with Crippen molar-refractivity contribution in [3.05, 3.63) is 106 Å². The number of alkyl halides is 6. The van der Waals surface area contributed by atoms with E-state index in [0.717, 1.165) is 60.7 Å². The van der Waals surface area contributed by atoms with Crippen LogP contribution in [0.15, 0.2) is 72.3 Å². The first-order valence-electron chi connectivity index (χ1n) is 9.50. The smallest absolute Gasteiger partial charge is 0.416 e. The van der Waals surface area contributed by atoms with Gasteiger partial charge < -0.3 is 4.74 Å². The van der Waals surface area contributed by atoms with Gasteiger partial charge in [-0.05, 0) is 59.7 Å². The number of carbonyl (C=O) groups excluding carboxylic acids is 1. The van der Waals surface area contributed by atoms with Crippen LogP contribution >= 0.6 is 0 Å². The second-order valence-electron chi connectivity index (χ2n) is 7.31. The molecule has 0 bridgehead atoms. The van der Waals surface area contributed by atoms with Crippen molar-refractivity contribution in [3.8, 4) is 5.75 Å². The molecule has 0 N–H and O–H groups in total. The molecule has 33 heavy (non-hydrogen) atoms. The summed E-state index contributed by atoms with van der Waals surface area (Å²) >= 11 is 0. The van der Waals surface area contributed by atoms with Crippen LogP contribution in [0, 0.1) is 5.82 Å². The Kier molecular flexibility index (Phi) is 5.51. The maximum atomic E-state index is 13.7. The summed E-state index contributed by atoms with van der Waals surface area (Å²) in [5, 5.41) is 0. The van der Waals surface area contributed by atoms with E-state index < -0.39 is 41.2 Å². The van der Waals surface area contributed by atoms with Crippen LogP contribution in [0.1, 0.15) is 38.7 Å². The van der Waals surface area contributed by atoms with Crippen LogP contribution in [0.4, 0.5) is 30.7 Å². The molecule has 1 atom stereocenters. The molecule has 1 aliphatic rings. The minimum absolute atomic E-state index is 0.0378. The Balaban J connectivity index is 1.80. The maximum Gasteiger partial charge on any atom is 0.416 e. The Bertz CT molecular complexity index is 1220. The van der Waals surface area contributed by atoms with E-state index in [0.29, 0.717) is 0 Å². The van der Waals surface area contributed by atoms with Crippen molar-refractivity contribution in [2.75, 3.05) is 0 Å². The van der Waals surface area contributed by atoms with Gasteiger partial charge >= 0.3 is 12.4 Å². The lowest BCUT2D eigenvalue weighted by molar-refractivity contribution is -0.138. The Labute approximate surface area is 182 Å². The molecule has 170 valence electrons. The number of hydrogen-bond acceptors (Lipinski definition) is 2. The molecule has 0 saturated heterocycles. The first kappa shape index (κ1) is 22.6. The van der Waals surface area contributed by atoms with E-state index in [2.05, 4.69) is 0 Å². The third-order valence-electron chi connectivity index (χ3n) is 5.08. The number of benzene rings is 3. The Morgan fingerprint density at radius 3 is 1.85 bits per heavy atom. The van der Waals surface area contributed by atoms with Gasteiger partial charge in [0.2, 0.25) is 0 Å². The predicted molar refractivity (Wildman–Crippen MR) is 105 cm³/mol. The number of carbonyl (C=O) groups is 1. The quantitative estimate of drug-likeness (QED) is 0.294. The van der Waals surface area contributed by atoms with Crippen molar-refractivity contribution >= 4 is 11.9 Å². The van der Waals surface area contributed by atoms with E-state index in [1.807, 2.05) is 0 Å². The molecule has 3 aromatic carbocycles. The Morgan fingerprint density at radius 1 is 0.758 bits per heavy atom. The third kappa shape index (κ3) is 4.62. The van der Waals surface area contributed by atoms with E-state index in [4.69, 9.17) is 4.74 Å². The van der Waals surface area contributed by atoms with Gasteiger partial charge in [0.15, 0.2) is 11.9 Å². The fourth-order valence-corrected chi connectivity index (χ4v) is 3.43. The standard InChI is InChI=1S/C24H13F7O2/c25-17-9-10-20-18(12-17)21(32)19(11-13-1-5-15(6-2-13)23(26,27)28)22(33-20)14-3-7-16(8-4-14)24(29,30)31/h1-12,22H/b19-11-. The zero-order valence-corrected chi connectivity index (χ0v) is 16.5. The molecule has 0 fully saturated rings. The molecular formula is C24H13F7O2. The molecule has 0 spiro atoms. The molecule has 0 radical (unpaired) electrons. The molecule has 1 unspecified atom stereocenters. The normalized spacial score (nSPS) is 17.6. The van der Waals surface area contributed by atoms with Crippen molar-refractivity contribution in [3.63, 3.8) is 0 Å². The van der Waals surface area contributed by atoms with E-state index >= 15 is 0 Å². The summed E-state index contributed by atoms with van der Waals surface area (Å²) in [6, 6.07) is 11.2. The van der Waals surface area contributed by atoms with Crippen LogP contribution in [0.3, 0.4) is 0 Å². The van der Waals surface area contributed by atoms with E-state index in [1.54, 1.807) is 0 Å². The minimum atomic E-state index is -4.56. The van der Waals surface area contributed by atoms with Gasteiger partial charge in [-0.1, -0.05) is 24.3 Å². The summed E-state index contributed by atoms with van der Waals surface area (Å²) in [6.45, 7) is 0. The molecule has 0 amide bonds. The van der Waals surface area contributed by atoms with Gasteiger partial charge in [0.25, 0.3) is 0 Å². The molecule has 1 aliphatic heterocycles. The highest BCUT2D eigenvalue weighted by atomic mass is 19.4. The lowest BCUT2D eigenvalue weighted by atomic mass is 9.89. The first-order valence-corrected chi connectivity index (χ1v) is 9.50. The second kappa shape index (κ2) is 8.06. The molecule has 0 aromatic heterocycles. The van der Waals surface area contributed by atoms with Crippen LogP contribution in [-0.2, 0) is 12.4 Å². The molecule has 1 heterocycles. The van der Waals surface area contributed by atoms with Gasteiger partial charge in [0.05, 0.1) is 16.7 Å². The van der Waals surface area contributed by atoms with Crippen LogP contribution in [-0.4, -0.2) is 5.78 Å². The number of halogens is 7. The fraction of sp³-hybridized carbons (Fsp3) is 0.125. The predicted octanol–water partition coefficient (Wildman–Crippen LogP) is 7.26. The molecular weight excluding hydrogens is 453 g/mol. The zero-order chi connectivity index (χ0) is 24.0. The highest BCUT2D eigenvalue weighted by molar-refractivity contribution is 6.14. The van der Waals surface area contributed by atoms with Gasteiger partial charge in [0, 0.05) is 5.57 Å². The molecule has 9 heteroatoms. The summed E-state index contributed by atoms with van der Waals surface area (Å²) in [6.07, 6.45) is -8.99. The fourth-order valence-electron chi connectivity index (χ4n) is 3.43.